The lowest BCUT2D eigenvalue weighted by Crippen LogP contribution is -2.23. The van der Waals surface area contributed by atoms with E-state index in [-0.39, 0.29) is 6.04 Å². The Morgan fingerprint density at radius 1 is 1.05 bits per heavy atom. The average molecular weight is 408 g/mol. The van der Waals surface area contributed by atoms with Crippen molar-refractivity contribution in [3.63, 3.8) is 0 Å². The molecule has 0 spiro atoms. The van der Waals surface area contributed by atoms with Gasteiger partial charge in [0.05, 0.1) is 5.02 Å². The van der Waals surface area contributed by atoms with Gasteiger partial charge in [0.1, 0.15) is 0 Å². The minimum absolute atomic E-state index is 0.169. The number of halogens is 4. The zero-order valence-corrected chi connectivity index (χ0v) is 15.3. The summed E-state index contributed by atoms with van der Waals surface area (Å²) >= 11 is 21.8. The largest absolute Gasteiger partial charge is 0.310 e. The van der Waals surface area contributed by atoms with Crippen molar-refractivity contribution in [3.05, 3.63) is 67.1 Å². The van der Waals surface area contributed by atoms with Crippen LogP contribution in [0.3, 0.4) is 0 Å². The van der Waals surface area contributed by atoms with Crippen LogP contribution in [-0.2, 0) is 6.42 Å². The Balaban J connectivity index is 2.28. The zero-order chi connectivity index (χ0) is 15.4. The maximum atomic E-state index is 6.28. The molecule has 0 aromatic heterocycles. The molecule has 0 aliphatic carbocycles. The highest BCUT2D eigenvalue weighted by Gasteiger charge is 2.14. The molecule has 1 nitrogen and oxygen atoms in total. The molecule has 0 radical (unpaired) electrons. The predicted molar refractivity (Wildman–Crippen MR) is 95.7 cm³/mol. The zero-order valence-electron chi connectivity index (χ0n) is 11.5. The Bertz CT molecular complexity index is 631. The van der Waals surface area contributed by atoms with Crippen molar-refractivity contribution >= 4 is 50.7 Å². The van der Waals surface area contributed by atoms with Gasteiger partial charge in [-0.15, -0.1) is 0 Å². The van der Waals surface area contributed by atoms with Crippen LogP contribution in [0.4, 0.5) is 0 Å². The van der Waals surface area contributed by atoms with Gasteiger partial charge in [-0.3, -0.25) is 0 Å². The van der Waals surface area contributed by atoms with Gasteiger partial charge in [0.15, 0.2) is 0 Å². The van der Waals surface area contributed by atoms with E-state index in [4.69, 9.17) is 34.8 Å². The molecule has 1 N–H and O–H groups in total. The van der Waals surface area contributed by atoms with E-state index >= 15 is 0 Å². The van der Waals surface area contributed by atoms with E-state index in [2.05, 4.69) is 28.2 Å². The molecule has 0 aliphatic heterocycles. The Labute approximate surface area is 148 Å². The quantitative estimate of drug-likeness (QED) is 0.613. The average Bonchev–Trinajstić information content (AvgIpc) is 2.44. The molecular formula is C16H15BrCl3N. The van der Waals surface area contributed by atoms with Crippen molar-refractivity contribution in [1.82, 2.24) is 5.32 Å². The van der Waals surface area contributed by atoms with Crippen molar-refractivity contribution in [2.24, 2.45) is 0 Å². The molecule has 0 fully saturated rings. The summed E-state index contributed by atoms with van der Waals surface area (Å²) in [4.78, 5) is 0. The summed E-state index contributed by atoms with van der Waals surface area (Å²) in [7, 11) is 0. The second kappa shape index (κ2) is 7.85. The summed E-state index contributed by atoms with van der Waals surface area (Å²) in [5, 5.41) is 5.53. The van der Waals surface area contributed by atoms with E-state index in [1.165, 1.54) is 5.56 Å². The maximum Gasteiger partial charge on any atom is 0.0548 e. The molecule has 21 heavy (non-hydrogen) atoms. The van der Waals surface area contributed by atoms with E-state index in [1.807, 2.05) is 30.3 Å². The van der Waals surface area contributed by atoms with Crippen LogP contribution in [0.2, 0.25) is 15.1 Å². The number of hydrogen-bond donors (Lipinski definition) is 1. The Morgan fingerprint density at radius 3 is 2.43 bits per heavy atom. The maximum absolute atomic E-state index is 6.28. The fourth-order valence-corrected chi connectivity index (χ4v) is 3.19. The summed E-state index contributed by atoms with van der Waals surface area (Å²) in [5.74, 6) is 0. The molecule has 0 saturated heterocycles. The Morgan fingerprint density at radius 2 is 1.81 bits per heavy atom. The Kier molecular flexibility index (Phi) is 6.39. The first-order chi connectivity index (χ1) is 10.0. The highest BCUT2D eigenvalue weighted by Crippen LogP contribution is 2.30. The lowest BCUT2D eigenvalue weighted by molar-refractivity contribution is 0.549. The van der Waals surface area contributed by atoms with Crippen molar-refractivity contribution < 1.29 is 0 Å². The van der Waals surface area contributed by atoms with Crippen molar-refractivity contribution in [2.75, 3.05) is 6.54 Å². The Hall–Kier alpha value is -0.250. The highest BCUT2D eigenvalue weighted by molar-refractivity contribution is 9.10. The summed E-state index contributed by atoms with van der Waals surface area (Å²) in [6, 6.07) is 11.8. The minimum atomic E-state index is 0.169. The molecule has 112 valence electrons. The van der Waals surface area contributed by atoms with Gasteiger partial charge in [-0.2, -0.15) is 0 Å². The first kappa shape index (κ1) is 17.1. The third-order valence-electron chi connectivity index (χ3n) is 3.24. The second-order valence-corrected chi connectivity index (χ2v) is 6.83. The van der Waals surface area contributed by atoms with Crippen LogP contribution in [-0.4, -0.2) is 6.54 Å². The molecule has 0 bridgehead atoms. The lowest BCUT2D eigenvalue weighted by atomic mass is 9.99. The van der Waals surface area contributed by atoms with Gasteiger partial charge in [-0.05, 0) is 64.3 Å². The van der Waals surface area contributed by atoms with Crippen LogP contribution in [0.5, 0.6) is 0 Å². The summed E-state index contributed by atoms with van der Waals surface area (Å²) in [6.07, 6.45) is 0.790. The van der Waals surface area contributed by atoms with Gasteiger partial charge in [0.2, 0.25) is 0 Å². The van der Waals surface area contributed by atoms with E-state index < -0.39 is 0 Å². The summed E-state index contributed by atoms with van der Waals surface area (Å²) < 4.78 is 0.895. The van der Waals surface area contributed by atoms with Crippen LogP contribution in [0.1, 0.15) is 24.1 Å². The molecule has 1 atom stereocenters. The topological polar surface area (TPSA) is 12.0 Å². The van der Waals surface area contributed by atoms with E-state index in [9.17, 15) is 0 Å². The monoisotopic (exact) mass is 405 g/mol. The summed E-state index contributed by atoms with van der Waals surface area (Å²) in [6.45, 7) is 2.96. The molecule has 2 rings (SSSR count). The van der Waals surface area contributed by atoms with Crippen molar-refractivity contribution in [3.8, 4) is 0 Å². The van der Waals surface area contributed by atoms with Gasteiger partial charge < -0.3 is 5.32 Å². The van der Waals surface area contributed by atoms with Gasteiger partial charge in [-0.1, -0.05) is 53.9 Å². The van der Waals surface area contributed by atoms with E-state index in [1.54, 1.807) is 6.07 Å². The first-order valence-corrected chi connectivity index (χ1v) is 8.56. The van der Waals surface area contributed by atoms with Crippen LogP contribution < -0.4 is 5.32 Å². The standard InChI is InChI=1S/C16H15BrCl3N/c1-2-21-16(11-4-6-14(19)13(17)7-11)8-10-3-5-12(18)9-15(10)20/h3-7,9,16,21H,2,8H2,1H3. The highest BCUT2D eigenvalue weighted by atomic mass is 79.9. The van der Waals surface area contributed by atoms with Crippen molar-refractivity contribution in [1.29, 1.82) is 0 Å². The number of rotatable bonds is 5. The van der Waals surface area contributed by atoms with E-state index in [0.29, 0.717) is 15.1 Å². The third-order valence-corrected chi connectivity index (χ3v) is 5.04. The number of likely N-dealkylation sites (N-methyl/N-ethyl adjacent to an activating group) is 1. The molecule has 2 aromatic carbocycles. The molecular weight excluding hydrogens is 392 g/mol. The molecule has 1 unspecified atom stereocenters. The lowest BCUT2D eigenvalue weighted by Gasteiger charge is -2.20. The van der Waals surface area contributed by atoms with Crippen LogP contribution in [0, 0.1) is 0 Å². The molecule has 5 heteroatoms. The fourth-order valence-electron chi connectivity index (χ4n) is 2.19. The molecule has 0 saturated carbocycles. The number of nitrogens with one attached hydrogen (secondary N) is 1. The normalized spacial score (nSPS) is 12.4. The first-order valence-electron chi connectivity index (χ1n) is 6.63. The fraction of sp³-hybridized carbons (Fsp3) is 0.250. The number of benzene rings is 2. The summed E-state index contributed by atoms with van der Waals surface area (Å²) in [5.41, 5.74) is 2.23. The van der Waals surface area contributed by atoms with Crippen LogP contribution in [0.25, 0.3) is 0 Å². The smallest absolute Gasteiger partial charge is 0.0548 e. The van der Waals surface area contributed by atoms with E-state index in [0.717, 1.165) is 23.0 Å². The second-order valence-electron chi connectivity index (χ2n) is 4.72. The van der Waals surface area contributed by atoms with Crippen LogP contribution >= 0.6 is 50.7 Å². The van der Waals surface area contributed by atoms with Gasteiger partial charge in [-0.25, -0.2) is 0 Å². The van der Waals surface area contributed by atoms with Gasteiger partial charge in [0.25, 0.3) is 0 Å². The predicted octanol–water partition coefficient (Wildman–Crippen LogP) is 6.30. The number of hydrogen-bond acceptors (Lipinski definition) is 1. The molecule has 0 amide bonds. The van der Waals surface area contributed by atoms with Crippen LogP contribution in [0.15, 0.2) is 40.9 Å². The van der Waals surface area contributed by atoms with Crippen molar-refractivity contribution in [2.45, 2.75) is 19.4 Å². The molecule has 0 heterocycles. The minimum Gasteiger partial charge on any atom is -0.310 e. The van der Waals surface area contributed by atoms with Gasteiger partial charge in [0, 0.05) is 20.6 Å². The molecule has 2 aromatic rings. The SMILES string of the molecule is CCNC(Cc1ccc(Cl)cc1Cl)c1ccc(Cl)c(Br)c1. The molecule has 0 aliphatic rings. The third kappa shape index (κ3) is 4.61. The van der Waals surface area contributed by atoms with Gasteiger partial charge >= 0.3 is 0 Å².